The van der Waals surface area contributed by atoms with Crippen LogP contribution in [0.5, 0.6) is 0 Å². The first kappa shape index (κ1) is 21.4. The lowest BCUT2D eigenvalue weighted by Crippen LogP contribution is -2.29. The van der Waals surface area contributed by atoms with Gasteiger partial charge in [0.2, 0.25) is 0 Å². The van der Waals surface area contributed by atoms with Gasteiger partial charge in [0.25, 0.3) is 0 Å². The Hall–Kier alpha value is -3.40. The molecule has 0 fully saturated rings. The zero-order valence-electron chi connectivity index (χ0n) is 19.9. The Morgan fingerprint density at radius 1 is 0.606 bits per heavy atom. The minimum absolute atomic E-state index is 0.948. The second-order valence-corrected chi connectivity index (χ2v) is 9.32. The molecule has 0 aliphatic rings. The molecule has 5 rings (SSSR count). The third kappa shape index (κ3) is 4.30. The second-order valence-electron chi connectivity index (χ2n) is 9.32. The van der Waals surface area contributed by atoms with Crippen molar-refractivity contribution in [3.63, 3.8) is 0 Å². The molecule has 0 bridgehead atoms. The van der Waals surface area contributed by atoms with Crippen molar-refractivity contribution in [2.45, 2.75) is 6.54 Å². The summed E-state index contributed by atoms with van der Waals surface area (Å²) >= 11 is 0. The van der Waals surface area contributed by atoms with E-state index in [0.29, 0.717) is 0 Å². The van der Waals surface area contributed by atoms with E-state index in [2.05, 4.69) is 134 Å². The molecule has 0 unspecified atom stereocenters. The fourth-order valence-electron chi connectivity index (χ4n) is 4.87. The summed E-state index contributed by atoms with van der Waals surface area (Å²) in [5.41, 5.74) is 8.87. The summed E-state index contributed by atoms with van der Waals surface area (Å²) in [6.45, 7) is 1.90. The molecule has 3 nitrogen and oxygen atoms in total. The molecule has 5 aromatic rings. The maximum absolute atomic E-state index is 2.32. The van der Waals surface area contributed by atoms with Crippen molar-refractivity contribution in [2.75, 3.05) is 27.8 Å². The average Bonchev–Trinajstić information content (AvgIpc) is 3.11. The van der Waals surface area contributed by atoms with Crippen LogP contribution >= 0.6 is 0 Å². The van der Waals surface area contributed by atoms with E-state index in [9.17, 15) is 0 Å². The fraction of sp³-hybridized carbons (Fsp3) is 0.200. The molecule has 166 valence electrons. The number of rotatable bonds is 6. The van der Waals surface area contributed by atoms with E-state index in [1.165, 1.54) is 49.6 Å². The van der Waals surface area contributed by atoms with Gasteiger partial charge < -0.3 is 4.57 Å². The van der Waals surface area contributed by atoms with Gasteiger partial charge in [-0.1, -0.05) is 72.8 Å². The minimum atomic E-state index is 0.948. The van der Waals surface area contributed by atoms with Gasteiger partial charge >= 0.3 is 0 Å². The zero-order valence-corrected chi connectivity index (χ0v) is 19.9. The summed E-state index contributed by atoms with van der Waals surface area (Å²) in [6, 6.07) is 33.3. The van der Waals surface area contributed by atoms with E-state index < -0.39 is 0 Å². The van der Waals surface area contributed by atoms with Gasteiger partial charge in [-0.05, 0) is 67.2 Å². The maximum Gasteiger partial charge on any atom is 0.0501 e. The SMILES string of the molecule is CN(C)CN(C)Cc1ccc(-c2cccc(-c3ccc4c5ccccc5n(C)c4c3)c2)cc1. The van der Waals surface area contributed by atoms with Crippen LogP contribution in [-0.4, -0.2) is 42.2 Å². The van der Waals surface area contributed by atoms with Crippen LogP contribution in [0, 0.1) is 0 Å². The number of hydrogen-bond donors (Lipinski definition) is 0. The molecule has 33 heavy (non-hydrogen) atoms. The molecule has 0 spiro atoms. The highest BCUT2D eigenvalue weighted by Crippen LogP contribution is 2.33. The molecule has 0 atom stereocenters. The van der Waals surface area contributed by atoms with Crippen molar-refractivity contribution in [3.05, 3.63) is 96.6 Å². The quantitative estimate of drug-likeness (QED) is 0.279. The molecular weight excluding hydrogens is 402 g/mol. The smallest absolute Gasteiger partial charge is 0.0501 e. The monoisotopic (exact) mass is 433 g/mol. The number of aryl methyl sites for hydroxylation is 1. The average molecular weight is 434 g/mol. The molecule has 1 aromatic heterocycles. The normalized spacial score (nSPS) is 11.8. The van der Waals surface area contributed by atoms with Crippen molar-refractivity contribution >= 4 is 21.8 Å². The number of hydrogen-bond acceptors (Lipinski definition) is 2. The number of benzene rings is 4. The van der Waals surface area contributed by atoms with Crippen LogP contribution < -0.4 is 0 Å². The van der Waals surface area contributed by atoms with Crippen molar-refractivity contribution in [1.82, 2.24) is 14.4 Å². The van der Waals surface area contributed by atoms with Gasteiger partial charge in [-0.2, -0.15) is 0 Å². The number of fused-ring (bicyclic) bond motifs is 3. The summed E-state index contributed by atoms with van der Waals surface area (Å²) in [6.07, 6.45) is 0. The highest BCUT2D eigenvalue weighted by molar-refractivity contribution is 6.09. The van der Waals surface area contributed by atoms with Crippen LogP contribution in [0.1, 0.15) is 5.56 Å². The Morgan fingerprint density at radius 2 is 1.24 bits per heavy atom. The Morgan fingerprint density at radius 3 is 2.00 bits per heavy atom. The van der Waals surface area contributed by atoms with Gasteiger partial charge in [0, 0.05) is 35.4 Å². The van der Waals surface area contributed by atoms with E-state index >= 15 is 0 Å². The molecule has 0 N–H and O–H groups in total. The lowest BCUT2D eigenvalue weighted by Gasteiger charge is -2.21. The van der Waals surface area contributed by atoms with Crippen LogP contribution in [-0.2, 0) is 13.6 Å². The molecular formula is C30H31N3. The van der Waals surface area contributed by atoms with Crippen molar-refractivity contribution in [3.8, 4) is 22.3 Å². The predicted octanol–water partition coefficient (Wildman–Crippen LogP) is 6.62. The first-order valence-electron chi connectivity index (χ1n) is 11.5. The molecule has 0 radical (unpaired) electrons. The number of aromatic nitrogens is 1. The van der Waals surface area contributed by atoms with E-state index in [-0.39, 0.29) is 0 Å². The molecule has 0 aliphatic carbocycles. The van der Waals surface area contributed by atoms with Gasteiger partial charge in [-0.3, -0.25) is 9.80 Å². The third-order valence-electron chi connectivity index (χ3n) is 6.37. The lowest BCUT2D eigenvalue weighted by atomic mass is 9.97. The molecule has 0 aliphatic heterocycles. The first-order chi connectivity index (χ1) is 16.0. The Kier molecular flexibility index (Phi) is 5.76. The van der Waals surface area contributed by atoms with Gasteiger partial charge in [-0.25, -0.2) is 0 Å². The van der Waals surface area contributed by atoms with Crippen molar-refractivity contribution < 1.29 is 0 Å². The Balaban J connectivity index is 1.44. The van der Waals surface area contributed by atoms with Crippen LogP contribution in [0.3, 0.4) is 0 Å². The summed E-state index contributed by atoms with van der Waals surface area (Å²) < 4.78 is 2.30. The van der Waals surface area contributed by atoms with Gasteiger partial charge in [-0.15, -0.1) is 0 Å². The van der Waals surface area contributed by atoms with E-state index in [4.69, 9.17) is 0 Å². The number of nitrogens with zero attached hydrogens (tertiary/aromatic N) is 3. The highest BCUT2D eigenvalue weighted by Gasteiger charge is 2.10. The first-order valence-corrected chi connectivity index (χ1v) is 11.5. The fourth-order valence-corrected chi connectivity index (χ4v) is 4.87. The van der Waals surface area contributed by atoms with Crippen molar-refractivity contribution in [1.29, 1.82) is 0 Å². The standard InChI is InChI=1S/C30H31N3/c1-31(2)21-32(3)20-22-12-14-23(15-13-22)24-8-7-9-25(18-24)26-16-17-28-27-10-5-6-11-29(27)33(4)30(28)19-26/h5-19H,20-21H2,1-4H3. The Labute approximate surface area is 196 Å². The van der Waals surface area contributed by atoms with Crippen LogP contribution in [0.4, 0.5) is 0 Å². The minimum Gasteiger partial charge on any atom is -0.344 e. The summed E-state index contributed by atoms with van der Waals surface area (Å²) in [4.78, 5) is 4.51. The van der Waals surface area contributed by atoms with E-state index in [1.54, 1.807) is 0 Å². The maximum atomic E-state index is 2.32. The molecule has 0 amide bonds. The summed E-state index contributed by atoms with van der Waals surface area (Å²) in [5.74, 6) is 0. The summed E-state index contributed by atoms with van der Waals surface area (Å²) in [7, 11) is 8.52. The van der Waals surface area contributed by atoms with E-state index in [1.807, 2.05) is 0 Å². The Bertz CT molecular complexity index is 1410. The van der Waals surface area contributed by atoms with Gasteiger partial charge in [0.05, 0.1) is 6.67 Å². The largest absolute Gasteiger partial charge is 0.344 e. The second kappa shape index (κ2) is 8.86. The zero-order chi connectivity index (χ0) is 22.9. The van der Waals surface area contributed by atoms with Crippen LogP contribution in [0.15, 0.2) is 91.0 Å². The molecule has 4 aromatic carbocycles. The molecule has 3 heteroatoms. The van der Waals surface area contributed by atoms with Gasteiger partial charge in [0.1, 0.15) is 0 Å². The molecule has 1 heterocycles. The lowest BCUT2D eigenvalue weighted by molar-refractivity contribution is 0.204. The highest BCUT2D eigenvalue weighted by atomic mass is 15.3. The van der Waals surface area contributed by atoms with Crippen molar-refractivity contribution in [2.24, 2.45) is 7.05 Å². The summed E-state index contributed by atoms with van der Waals surface area (Å²) in [5, 5.41) is 2.62. The van der Waals surface area contributed by atoms with Crippen LogP contribution in [0.2, 0.25) is 0 Å². The molecule has 0 saturated carbocycles. The molecule has 0 saturated heterocycles. The van der Waals surface area contributed by atoms with Crippen LogP contribution in [0.25, 0.3) is 44.1 Å². The predicted molar refractivity (Wildman–Crippen MR) is 141 cm³/mol. The third-order valence-corrected chi connectivity index (χ3v) is 6.37. The van der Waals surface area contributed by atoms with Gasteiger partial charge in [0.15, 0.2) is 0 Å². The van der Waals surface area contributed by atoms with E-state index in [0.717, 1.165) is 13.2 Å². The number of para-hydroxylation sites is 1. The topological polar surface area (TPSA) is 11.4 Å².